The molecule has 0 radical (unpaired) electrons. The van der Waals surface area contributed by atoms with Crippen LogP contribution in [0.15, 0.2) is 308 Å². The Morgan fingerprint density at radius 3 is 0.813 bits per heavy atom. The van der Waals surface area contributed by atoms with Crippen molar-refractivity contribution in [1.29, 1.82) is 0 Å². The molecule has 0 fully saturated rings. The molecule has 1 unspecified atom stereocenters. The molecule has 0 aliphatic rings. The Morgan fingerprint density at radius 2 is 0.598 bits per heavy atom. The molecular formula is C88H128Cl2Mg2N2O5P2Si3Zn3. The molecule has 0 amide bonds. The summed E-state index contributed by atoms with van der Waals surface area (Å²) < 4.78 is 37.4. The van der Waals surface area contributed by atoms with E-state index < -0.39 is 38.8 Å². The Labute approximate surface area is 741 Å². The summed E-state index contributed by atoms with van der Waals surface area (Å²) in [5.41, 5.74) is 6.49. The van der Waals surface area contributed by atoms with Crippen LogP contribution in [-0.4, -0.2) is 114 Å². The predicted octanol–water partition coefficient (Wildman–Crippen LogP) is 16.3. The summed E-state index contributed by atoms with van der Waals surface area (Å²) in [6.07, 6.45) is 2.45. The molecule has 0 heterocycles. The first kappa shape index (κ1) is 130. The van der Waals surface area contributed by atoms with Gasteiger partial charge in [-0.3, -0.25) is 14.2 Å². The number of nitrogens with zero attached hydrogens (tertiary/aromatic N) is 1. The van der Waals surface area contributed by atoms with Gasteiger partial charge in [-0.1, -0.05) is 271 Å². The van der Waals surface area contributed by atoms with Crippen molar-refractivity contribution in [3.05, 3.63) is 377 Å². The number of ether oxygens (including phenoxy) is 1. The van der Waals surface area contributed by atoms with Crippen LogP contribution in [0.2, 0.25) is 58.9 Å². The van der Waals surface area contributed by atoms with Crippen LogP contribution in [0, 0.1) is 40.4 Å². The minimum Gasteiger partial charge on any atom is -1.00 e. The topological polar surface area (TPSA) is 108 Å². The minimum absolute atomic E-state index is 0. The van der Waals surface area contributed by atoms with Crippen molar-refractivity contribution in [2.24, 2.45) is 4.76 Å². The first-order chi connectivity index (χ1) is 45.6. The van der Waals surface area contributed by atoms with Crippen LogP contribution in [0.3, 0.4) is 0 Å². The van der Waals surface area contributed by atoms with E-state index >= 15 is 0 Å². The average molecular weight is 1760 g/mol. The van der Waals surface area contributed by atoms with E-state index in [4.69, 9.17) is 14.9 Å². The molecule has 3 N–H and O–H groups in total. The summed E-state index contributed by atoms with van der Waals surface area (Å²) in [5, 5.41) is 20.7. The first-order valence-corrected chi connectivity index (χ1v) is 46.7. The van der Waals surface area contributed by atoms with Gasteiger partial charge in [0.1, 0.15) is 0 Å². The predicted molar refractivity (Wildman–Crippen MR) is 472 cm³/mol. The van der Waals surface area contributed by atoms with Gasteiger partial charge in [0.15, 0.2) is 0 Å². The van der Waals surface area contributed by atoms with E-state index in [0.29, 0.717) is 0 Å². The summed E-state index contributed by atoms with van der Waals surface area (Å²) in [6, 6.07) is 98.3. The fraction of sp³-hybridized carbons (Fsp3) is 0.239. The first-order valence-electron chi connectivity index (χ1n) is 32.2. The number of rotatable bonds is 13. The third-order valence-electron chi connectivity index (χ3n) is 11.4. The molecular weight excluding hydrogens is 1630 g/mol. The van der Waals surface area contributed by atoms with Crippen LogP contribution in [0.25, 0.3) is 0 Å². The molecule has 107 heavy (non-hydrogen) atoms. The second-order valence-electron chi connectivity index (χ2n) is 24.9. The van der Waals surface area contributed by atoms with E-state index in [-0.39, 0.29) is 165 Å². The third kappa shape index (κ3) is 70.0. The Kier molecular flexibility index (Phi) is 94.3. The van der Waals surface area contributed by atoms with Gasteiger partial charge in [0.05, 0.1) is 0 Å². The zero-order chi connectivity index (χ0) is 72.2. The normalized spacial score (nSPS) is 9.63. The summed E-state index contributed by atoms with van der Waals surface area (Å²) in [5.74, 6) is 0. The molecule has 10 aromatic rings. The maximum absolute atomic E-state index is 14.5. The molecule has 10 aromatic carbocycles. The number of aliphatic hydroxyl groups excluding tert-OH is 2. The Morgan fingerprint density at radius 1 is 0.393 bits per heavy atom. The van der Waals surface area contributed by atoms with Crippen molar-refractivity contribution in [3.63, 3.8) is 0 Å². The van der Waals surface area contributed by atoms with Gasteiger partial charge in [-0.15, -0.1) is 60.6 Å². The van der Waals surface area contributed by atoms with Gasteiger partial charge >= 0.3 is 85.1 Å². The SMILES string of the molecule is C.C.C.C.CCOCC.CO.CO.O=P(N=Cc1ccccc1)(c1ccccc1)c1ccccc1.O=P(NC(Cc1ccccc1)c1ccccc1)(c1ccccc1)c1ccccc1.[CH2-][Si](C)(C)C.[CH2-][Si](C)(C)C.[CH2-][Si](C)(C)C.[CH2-]c1ccccc1.[CH2-]c1ccccc1.[CH2-]c1ccccc1.[Cl-].[Cl-].[Mg+2].[Mg+2].[Zn+2].[Zn+2].[Zn]. The van der Waals surface area contributed by atoms with Crippen molar-refractivity contribution < 1.29 is 107 Å². The number of halogens is 2. The van der Waals surface area contributed by atoms with E-state index in [9.17, 15) is 9.13 Å². The fourth-order valence-corrected chi connectivity index (χ4v) is 11.9. The zero-order valence-corrected chi connectivity index (χ0v) is 82.2. The molecule has 0 saturated heterocycles. The number of nitrogens with one attached hydrogen (secondary N) is 1. The summed E-state index contributed by atoms with van der Waals surface area (Å²) in [4.78, 5) is 0. The fourth-order valence-electron chi connectivity index (χ4n) is 7.43. The number of aliphatic hydroxyl groups is 2. The van der Waals surface area contributed by atoms with Crippen LogP contribution < -0.4 is 51.1 Å². The van der Waals surface area contributed by atoms with Crippen LogP contribution in [0.1, 0.15) is 83.0 Å². The van der Waals surface area contributed by atoms with Gasteiger partial charge in [-0.2, -0.15) is 73.9 Å². The summed E-state index contributed by atoms with van der Waals surface area (Å²) in [6.45, 7) is 48.5. The summed E-state index contributed by atoms with van der Waals surface area (Å²) >= 11 is 0. The molecule has 0 aromatic heterocycles. The minimum atomic E-state index is -3.03. The van der Waals surface area contributed by atoms with Crippen molar-refractivity contribution in [2.75, 3.05) is 27.4 Å². The van der Waals surface area contributed by atoms with Gasteiger partial charge < -0.3 is 59.4 Å². The molecule has 7 nitrogen and oxygen atoms in total. The molecule has 0 spiro atoms. The van der Waals surface area contributed by atoms with Gasteiger partial charge in [0.25, 0.3) is 0 Å². The molecule has 0 saturated carbocycles. The van der Waals surface area contributed by atoms with Gasteiger partial charge in [-0.05, 0) is 85.5 Å². The molecule has 566 valence electrons. The average Bonchev–Trinajstić information content (AvgIpc) is 0.796. The molecule has 0 aliphatic heterocycles. The summed E-state index contributed by atoms with van der Waals surface area (Å²) in [7, 11) is -6.64. The third-order valence-corrected chi connectivity index (χ3v) is 16.5. The maximum Gasteiger partial charge on any atom is 2.00 e. The van der Waals surface area contributed by atoms with Crippen molar-refractivity contribution >= 4 is 112 Å². The van der Waals surface area contributed by atoms with E-state index in [0.717, 1.165) is 82.9 Å². The van der Waals surface area contributed by atoms with Gasteiger partial charge in [0, 0.05) is 80.4 Å². The molecule has 1 atom stereocenters. The quantitative estimate of drug-likeness (QED) is 0.0459. The van der Waals surface area contributed by atoms with E-state index in [2.05, 4.69) is 133 Å². The van der Waals surface area contributed by atoms with Crippen LogP contribution in [0.4, 0.5) is 0 Å². The Hall–Kier alpha value is -3.59. The smallest absolute Gasteiger partial charge is 1.00 e. The number of benzene rings is 10. The van der Waals surface area contributed by atoms with Crippen LogP contribution in [0.5, 0.6) is 0 Å². The molecule has 0 bridgehead atoms. The van der Waals surface area contributed by atoms with Crippen molar-refractivity contribution in [2.45, 2.75) is 115 Å². The van der Waals surface area contributed by atoms with E-state index in [1.54, 1.807) is 6.21 Å². The standard InChI is InChI=1S/C26H24NOP.C19H16NOP.3C7H7.C4H10O.3C4H11Si.2CH4O.4CH4.2ClH.2Mg.3Zn/c28-29(24-17-9-3-10-18-24,25-19-11-4-12-20-25)27-26(23-15-7-2-8-16-23)21-22-13-5-1-6-14-22;21-22(18-12-6-2-7-13-18,19-14-8-3-9-15-19)20-16-17-10-4-1-5-11-17;3*1-7-5-3-2-4-6-7;1-3-5-4-2;3*1-5(2,3)4;2*1-2;;;;;;;;;;;/h1-20,26H,21H2,(H,27,28);1-16H;3*2-6H,1H2;3-4H2,1-2H3;3*1H2,2-4H3;2*2H,1H3;4*1H4;2*1H;;;;;/q;;3*-1;;3*-1;;;;;;;;;2*+2;;2*+2/p-2. The van der Waals surface area contributed by atoms with Crippen molar-refractivity contribution in [3.8, 4) is 0 Å². The van der Waals surface area contributed by atoms with Gasteiger partial charge in [0.2, 0.25) is 14.6 Å². The monoisotopic (exact) mass is 1750 g/mol. The maximum atomic E-state index is 14.5. The molecule has 19 heteroatoms. The number of hydrogen-bond acceptors (Lipinski definition) is 5. The molecule has 10 rings (SSSR count). The number of hydrogen-bond donors (Lipinski definition) is 3. The van der Waals surface area contributed by atoms with Crippen molar-refractivity contribution in [1.82, 2.24) is 5.09 Å². The zero-order valence-electron chi connectivity index (χ0n) is 64.1. The van der Waals surface area contributed by atoms with E-state index in [1.165, 1.54) is 5.56 Å². The Bertz CT molecular complexity index is 3340. The largest absolute Gasteiger partial charge is 2.00 e. The Balaban J connectivity index is -0.000000102. The molecule has 0 aliphatic carbocycles. The van der Waals surface area contributed by atoms with Gasteiger partial charge in [-0.25, -0.2) is 4.76 Å². The van der Waals surface area contributed by atoms with E-state index in [1.807, 2.05) is 293 Å². The van der Waals surface area contributed by atoms with Crippen LogP contribution >= 0.6 is 14.6 Å². The second kappa shape index (κ2) is 77.7. The second-order valence-corrected chi connectivity index (χ2v) is 45.2. The van der Waals surface area contributed by atoms with Crippen LogP contribution in [-0.2, 0) is 78.7 Å².